The molecule has 2 aromatic carbocycles. The molecule has 0 spiro atoms. The van der Waals surface area contributed by atoms with Crippen molar-refractivity contribution in [2.75, 3.05) is 11.1 Å². The number of halogens is 1. The van der Waals surface area contributed by atoms with Gasteiger partial charge in [0.25, 0.3) is 5.69 Å². The van der Waals surface area contributed by atoms with Crippen LogP contribution in [0.4, 0.5) is 11.4 Å². The molecule has 0 bridgehead atoms. The minimum Gasteiger partial charge on any atom is -0.339 e. The Morgan fingerprint density at radius 1 is 1.15 bits per heavy atom. The number of nitro groups is 1. The van der Waals surface area contributed by atoms with Crippen LogP contribution >= 0.6 is 11.6 Å². The normalized spacial score (nSPS) is 14.5. The topological polar surface area (TPSA) is 75.8 Å². The number of carbonyl (C=O) groups is 1. The first kappa shape index (κ1) is 18.3. The van der Waals surface area contributed by atoms with Gasteiger partial charge in [-0.15, -0.1) is 0 Å². The first-order valence-corrected chi connectivity index (χ1v) is 11.9. The Morgan fingerprint density at radius 2 is 1.85 bits per heavy atom. The van der Waals surface area contributed by atoms with E-state index in [0.717, 1.165) is 0 Å². The Hall–Kier alpha value is -2.51. The van der Waals surface area contributed by atoms with Crippen molar-refractivity contribution in [3.63, 3.8) is 0 Å². The summed E-state index contributed by atoms with van der Waals surface area (Å²) in [5.74, 6) is -0.110. The van der Waals surface area contributed by atoms with E-state index in [-0.39, 0.29) is 18.1 Å². The number of hydrogen-bond donors (Lipinski definition) is 0. The SMILES string of the molecule is C[Si](C)(C)N1C(=O)CN=C(c2ccccc2Cl)c2cc([N+](=O)[O-])ccc21. The summed E-state index contributed by atoms with van der Waals surface area (Å²) in [7, 11) is -2.08. The van der Waals surface area contributed by atoms with Crippen LogP contribution in [0.5, 0.6) is 0 Å². The highest BCUT2D eigenvalue weighted by Crippen LogP contribution is 2.34. The number of carbonyl (C=O) groups excluding carboxylic acids is 1. The first-order chi connectivity index (χ1) is 12.2. The van der Waals surface area contributed by atoms with E-state index in [2.05, 4.69) is 24.6 Å². The number of fused-ring (bicyclic) bond motifs is 1. The third-order valence-electron chi connectivity index (χ3n) is 4.11. The van der Waals surface area contributed by atoms with Gasteiger partial charge in [0.1, 0.15) is 6.54 Å². The number of anilines is 1. The van der Waals surface area contributed by atoms with Crippen LogP contribution in [-0.2, 0) is 4.79 Å². The second kappa shape index (κ2) is 6.66. The molecule has 134 valence electrons. The molecule has 1 heterocycles. The van der Waals surface area contributed by atoms with E-state index in [4.69, 9.17) is 11.6 Å². The maximum Gasteiger partial charge on any atom is 0.270 e. The highest BCUT2D eigenvalue weighted by molar-refractivity contribution is 6.83. The Morgan fingerprint density at radius 3 is 2.46 bits per heavy atom. The highest BCUT2D eigenvalue weighted by Gasteiger charge is 2.35. The molecule has 1 aliphatic rings. The Kier molecular flexibility index (Phi) is 4.68. The van der Waals surface area contributed by atoms with E-state index in [9.17, 15) is 14.9 Å². The lowest BCUT2D eigenvalue weighted by molar-refractivity contribution is -0.384. The fourth-order valence-corrected chi connectivity index (χ4v) is 5.04. The van der Waals surface area contributed by atoms with Crippen LogP contribution in [0.2, 0.25) is 24.7 Å². The van der Waals surface area contributed by atoms with E-state index in [1.807, 2.05) is 6.07 Å². The molecule has 2 aromatic rings. The monoisotopic (exact) mass is 387 g/mol. The predicted octanol–water partition coefficient (Wildman–Crippen LogP) is 4.27. The zero-order chi connectivity index (χ0) is 19.1. The number of aliphatic imine (C=N–C) groups is 1. The molecule has 6 nitrogen and oxygen atoms in total. The number of non-ortho nitro benzene ring substituents is 1. The van der Waals surface area contributed by atoms with Crippen molar-refractivity contribution in [3.05, 3.63) is 68.7 Å². The van der Waals surface area contributed by atoms with Gasteiger partial charge in [0, 0.05) is 34.0 Å². The van der Waals surface area contributed by atoms with Crippen LogP contribution in [-0.4, -0.2) is 31.3 Å². The molecule has 0 unspecified atom stereocenters. The molecule has 0 aromatic heterocycles. The summed E-state index contributed by atoms with van der Waals surface area (Å²) in [5, 5.41) is 11.8. The standard InChI is InChI=1S/C18H18ClN3O3Si/c1-26(2,3)21-16-9-8-12(22(24)25)10-14(16)18(20-11-17(21)23)13-6-4-5-7-15(13)19/h4-10H,11H2,1-3H3. The van der Waals surface area contributed by atoms with E-state index >= 15 is 0 Å². The predicted molar refractivity (Wildman–Crippen MR) is 106 cm³/mol. The van der Waals surface area contributed by atoms with Gasteiger partial charge >= 0.3 is 0 Å². The second-order valence-corrected chi connectivity index (χ2v) is 12.2. The number of hydrogen-bond acceptors (Lipinski definition) is 4. The van der Waals surface area contributed by atoms with Gasteiger partial charge in [0.2, 0.25) is 5.91 Å². The summed E-state index contributed by atoms with van der Waals surface area (Å²) in [6.45, 7) is 6.14. The molecule has 0 aliphatic carbocycles. The van der Waals surface area contributed by atoms with Gasteiger partial charge in [0.05, 0.1) is 10.6 Å². The van der Waals surface area contributed by atoms with Gasteiger partial charge in [-0.1, -0.05) is 49.4 Å². The number of nitro benzene ring substituents is 1. The summed E-state index contributed by atoms with van der Waals surface area (Å²) in [6, 6.07) is 11.7. The van der Waals surface area contributed by atoms with Gasteiger partial charge in [0.15, 0.2) is 8.24 Å². The van der Waals surface area contributed by atoms with Crippen LogP contribution < -0.4 is 4.57 Å². The maximum atomic E-state index is 12.8. The van der Waals surface area contributed by atoms with E-state index < -0.39 is 13.2 Å². The minimum absolute atomic E-state index is 0.0205. The minimum atomic E-state index is -2.08. The zero-order valence-corrected chi connectivity index (χ0v) is 16.4. The molecule has 1 amide bonds. The third kappa shape index (κ3) is 3.27. The quantitative estimate of drug-likeness (QED) is 0.448. The number of amides is 1. The van der Waals surface area contributed by atoms with Crippen molar-refractivity contribution in [3.8, 4) is 0 Å². The summed E-state index contributed by atoms with van der Waals surface area (Å²) in [6.07, 6.45) is 0. The summed E-state index contributed by atoms with van der Waals surface area (Å²) in [5.41, 5.74) is 2.31. The van der Waals surface area contributed by atoms with Crippen LogP contribution in [0.15, 0.2) is 47.5 Å². The molecule has 8 heteroatoms. The summed E-state index contributed by atoms with van der Waals surface area (Å²) in [4.78, 5) is 28.1. The van der Waals surface area contributed by atoms with Crippen LogP contribution in [0.25, 0.3) is 0 Å². The van der Waals surface area contributed by atoms with Crippen molar-refractivity contribution < 1.29 is 9.72 Å². The van der Waals surface area contributed by atoms with Gasteiger partial charge in [-0.05, 0) is 12.1 Å². The second-order valence-electron chi connectivity index (χ2n) is 7.00. The van der Waals surface area contributed by atoms with Crippen molar-refractivity contribution in [1.29, 1.82) is 0 Å². The first-order valence-electron chi connectivity index (χ1n) is 8.11. The zero-order valence-electron chi connectivity index (χ0n) is 14.7. The van der Waals surface area contributed by atoms with Crippen molar-refractivity contribution in [2.45, 2.75) is 19.6 Å². The van der Waals surface area contributed by atoms with Crippen LogP contribution in [0, 0.1) is 10.1 Å². The van der Waals surface area contributed by atoms with Crippen molar-refractivity contribution in [1.82, 2.24) is 0 Å². The average Bonchev–Trinajstić information content (AvgIpc) is 2.70. The fourth-order valence-electron chi connectivity index (χ4n) is 3.08. The van der Waals surface area contributed by atoms with E-state index in [1.165, 1.54) is 12.1 Å². The molecular weight excluding hydrogens is 370 g/mol. The molecule has 0 fully saturated rings. The van der Waals surface area contributed by atoms with E-state index in [1.54, 1.807) is 28.8 Å². The lowest BCUT2D eigenvalue weighted by Gasteiger charge is -2.34. The highest BCUT2D eigenvalue weighted by atomic mass is 35.5. The van der Waals surface area contributed by atoms with Gasteiger partial charge < -0.3 is 4.57 Å². The molecule has 0 N–H and O–H groups in total. The Balaban J connectivity index is 2.31. The molecule has 0 radical (unpaired) electrons. The summed E-state index contributed by atoms with van der Waals surface area (Å²) < 4.78 is 1.78. The van der Waals surface area contributed by atoms with E-state index in [0.29, 0.717) is 27.5 Å². The number of rotatable bonds is 3. The fraction of sp³-hybridized carbons (Fsp3) is 0.222. The molecule has 3 rings (SSSR count). The smallest absolute Gasteiger partial charge is 0.270 e. The lowest BCUT2D eigenvalue weighted by Crippen LogP contribution is -2.51. The van der Waals surface area contributed by atoms with Crippen molar-refractivity contribution >= 4 is 42.8 Å². The maximum absolute atomic E-state index is 12.8. The molecule has 1 aliphatic heterocycles. The van der Waals surface area contributed by atoms with Crippen molar-refractivity contribution in [2.24, 2.45) is 4.99 Å². The molecule has 26 heavy (non-hydrogen) atoms. The van der Waals surface area contributed by atoms with Gasteiger partial charge in [-0.2, -0.15) is 0 Å². The number of benzodiazepines with no additional fused rings is 1. The molecule has 0 atom stereocenters. The molecular formula is C18H18ClN3O3Si. The molecule has 0 saturated carbocycles. The Labute approximate surface area is 157 Å². The van der Waals surface area contributed by atoms with Gasteiger partial charge in [-0.3, -0.25) is 19.9 Å². The van der Waals surface area contributed by atoms with Gasteiger partial charge in [-0.25, -0.2) is 0 Å². The average molecular weight is 388 g/mol. The summed E-state index contributed by atoms with van der Waals surface area (Å²) >= 11 is 6.34. The Bertz CT molecular complexity index is 938. The largest absolute Gasteiger partial charge is 0.339 e. The lowest BCUT2D eigenvalue weighted by atomic mass is 10.00. The van der Waals surface area contributed by atoms with Crippen LogP contribution in [0.3, 0.4) is 0 Å². The number of nitrogens with zero attached hydrogens (tertiary/aromatic N) is 3. The third-order valence-corrected chi connectivity index (χ3v) is 6.27. The number of benzene rings is 2. The molecule has 0 saturated heterocycles. The van der Waals surface area contributed by atoms with Crippen LogP contribution in [0.1, 0.15) is 11.1 Å².